The van der Waals surface area contributed by atoms with Gasteiger partial charge in [0, 0.05) is 5.57 Å². The van der Waals surface area contributed by atoms with Crippen LogP contribution in [-0.2, 0) is 4.79 Å². The lowest BCUT2D eigenvalue weighted by molar-refractivity contribution is -0.112. The molecule has 3 rings (SSSR count). The second-order valence-corrected chi connectivity index (χ2v) is 6.47. The zero-order chi connectivity index (χ0) is 16.4. The first-order valence-corrected chi connectivity index (χ1v) is 7.69. The Hall–Kier alpha value is -2.55. The Balaban J connectivity index is 1.95. The average Bonchev–Trinajstić information content (AvgIpc) is 3.17. The van der Waals surface area contributed by atoms with Gasteiger partial charge in [-0.1, -0.05) is 19.9 Å². The predicted octanol–water partition coefficient (Wildman–Crippen LogP) is 5.28. The van der Waals surface area contributed by atoms with Crippen LogP contribution in [0.2, 0.25) is 0 Å². The molecule has 2 aromatic rings. The normalized spacial score (nSPS) is 20.0. The molecule has 0 unspecified atom stereocenters. The standard InChI is InChI=1S/C20H20O3/c1-14(18-7-5-11-23-18)19-17(21)12-15(13-20(19,2)3)8-9-16-6-4-10-22-16/h4-12H,13H2,1-3H3/b9-8+,19-14?. The van der Waals surface area contributed by atoms with Crippen LogP contribution >= 0.6 is 0 Å². The summed E-state index contributed by atoms with van der Waals surface area (Å²) < 4.78 is 10.7. The van der Waals surface area contributed by atoms with Crippen molar-refractivity contribution in [3.63, 3.8) is 0 Å². The molecule has 0 saturated carbocycles. The van der Waals surface area contributed by atoms with Crippen LogP contribution in [0, 0.1) is 5.41 Å². The number of ketones is 1. The minimum atomic E-state index is -0.244. The number of hydrogen-bond donors (Lipinski definition) is 0. The van der Waals surface area contributed by atoms with E-state index in [1.807, 2.05) is 43.3 Å². The monoisotopic (exact) mass is 308 g/mol. The van der Waals surface area contributed by atoms with E-state index in [4.69, 9.17) is 8.83 Å². The van der Waals surface area contributed by atoms with Crippen molar-refractivity contribution in [2.24, 2.45) is 5.41 Å². The zero-order valence-electron chi connectivity index (χ0n) is 13.6. The Bertz CT molecular complexity index is 782. The van der Waals surface area contributed by atoms with E-state index in [1.165, 1.54) is 0 Å². The minimum Gasteiger partial charge on any atom is -0.465 e. The first kappa shape index (κ1) is 15.3. The number of furan rings is 2. The van der Waals surface area contributed by atoms with E-state index in [2.05, 4.69) is 13.8 Å². The Morgan fingerprint density at radius 3 is 2.48 bits per heavy atom. The number of allylic oxidation sites excluding steroid dienone is 5. The van der Waals surface area contributed by atoms with Crippen LogP contribution in [0.1, 0.15) is 38.7 Å². The van der Waals surface area contributed by atoms with E-state index in [-0.39, 0.29) is 11.2 Å². The Morgan fingerprint density at radius 1 is 1.13 bits per heavy atom. The fraction of sp³-hybridized carbons (Fsp3) is 0.250. The molecule has 0 saturated heterocycles. The summed E-state index contributed by atoms with van der Waals surface area (Å²) in [5.74, 6) is 1.59. The van der Waals surface area contributed by atoms with Crippen molar-refractivity contribution < 1.29 is 13.6 Å². The Labute approximate surface area is 136 Å². The fourth-order valence-corrected chi connectivity index (χ4v) is 3.21. The van der Waals surface area contributed by atoms with E-state index in [9.17, 15) is 4.79 Å². The Morgan fingerprint density at radius 2 is 1.87 bits per heavy atom. The molecule has 1 aliphatic rings. The summed E-state index contributed by atoms with van der Waals surface area (Å²) in [7, 11) is 0. The largest absolute Gasteiger partial charge is 0.465 e. The van der Waals surface area contributed by atoms with Gasteiger partial charge in [0.1, 0.15) is 11.5 Å². The summed E-state index contributed by atoms with van der Waals surface area (Å²) in [5.41, 5.74) is 2.50. The highest BCUT2D eigenvalue weighted by Gasteiger charge is 2.34. The summed E-state index contributed by atoms with van der Waals surface area (Å²) in [6.07, 6.45) is 9.63. The van der Waals surface area contributed by atoms with Gasteiger partial charge >= 0.3 is 0 Å². The van der Waals surface area contributed by atoms with Crippen molar-refractivity contribution in [2.45, 2.75) is 27.2 Å². The van der Waals surface area contributed by atoms with E-state index in [1.54, 1.807) is 18.6 Å². The van der Waals surface area contributed by atoms with E-state index in [0.29, 0.717) is 0 Å². The molecule has 0 spiro atoms. The molecule has 0 aliphatic heterocycles. The summed E-state index contributed by atoms with van der Waals surface area (Å²) in [6.45, 7) is 6.14. The van der Waals surface area contributed by atoms with Crippen LogP contribution in [0.25, 0.3) is 11.6 Å². The maximum atomic E-state index is 12.7. The van der Waals surface area contributed by atoms with Crippen molar-refractivity contribution in [1.82, 2.24) is 0 Å². The topological polar surface area (TPSA) is 43.4 Å². The molecule has 0 N–H and O–H groups in total. The summed E-state index contributed by atoms with van der Waals surface area (Å²) in [5, 5.41) is 0. The summed E-state index contributed by atoms with van der Waals surface area (Å²) in [6, 6.07) is 7.46. The molecule has 2 heterocycles. The van der Waals surface area contributed by atoms with Gasteiger partial charge in [-0.2, -0.15) is 0 Å². The van der Waals surface area contributed by atoms with Gasteiger partial charge < -0.3 is 8.83 Å². The van der Waals surface area contributed by atoms with Crippen LogP contribution in [0.3, 0.4) is 0 Å². The molecule has 0 radical (unpaired) electrons. The van der Waals surface area contributed by atoms with Crippen molar-refractivity contribution in [3.8, 4) is 0 Å². The van der Waals surface area contributed by atoms with Gasteiger partial charge in [-0.15, -0.1) is 0 Å². The highest BCUT2D eigenvalue weighted by atomic mass is 16.3. The van der Waals surface area contributed by atoms with Crippen LogP contribution in [0.4, 0.5) is 0 Å². The van der Waals surface area contributed by atoms with E-state index >= 15 is 0 Å². The highest BCUT2D eigenvalue weighted by Crippen LogP contribution is 2.42. The summed E-state index contributed by atoms with van der Waals surface area (Å²) in [4.78, 5) is 12.7. The quantitative estimate of drug-likeness (QED) is 0.724. The molecule has 3 nitrogen and oxygen atoms in total. The van der Waals surface area contributed by atoms with Crippen molar-refractivity contribution in [2.75, 3.05) is 0 Å². The lowest BCUT2D eigenvalue weighted by Crippen LogP contribution is -2.26. The van der Waals surface area contributed by atoms with E-state index in [0.717, 1.165) is 34.7 Å². The number of carbonyl (C=O) groups excluding carboxylic acids is 1. The lowest BCUT2D eigenvalue weighted by Gasteiger charge is -2.32. The number of rotatable bonds is 3. The van der Waals surface area contributed by atoms with Crippen LogP contribution in [0.5, 0.6) is 0 Å². The maximum absolute atomic E-state index is 12.7. The highest BCUT2D eigenvalue weighted by molar-refractivity contribution is 6.11. The third-order valence-electron chi connectivity index (χ3n) is 4.16. The van der Waals surface area contributed by atoms with Crippen LogP contribution in [0.15, 0.2) is 68.9 Å². The first-order valence-electron chi connectivity index (χ1n) is 7.69. The fourth-order valence-electron chi connectivity index (χ4n) is 3.21. The number of hydrogen-bond acceptors (Lipinski definition) is 3. The van der Waals surface area contributed by atoms with Gasteiger partial charge in [-0.25, -0.2) is 0 Å². The van der Waals surface area contributed by atoms with Crippen molar-refractivity contribution >= 4 is 17.4 Å². The second kappa shape index (κ2) is 5.92. The molecule has 118 valence electrons. The van der Waals surface area contributed by atoms with Gasteiger partial charge in [0.25, 0.3) is 0 Å². The molecule has 0 atom stereocenters. The van der Waals surface area contributed by atoms with Crippen molar-refractivity contribution in [1.29, 1.82) is 0 Å². The van der Waals surface area contributed by atoms with Crippen LogP contribution in [-0.4, -0.2) is 5.78 Å². The third-order valence-corrected chi connectivity index (χ3v) is 4.16. The molecule has 1 aliphatic carbocycles. The van der Waals surface area contributed by atoms with Gasteiger partial charge in [0.15, 0.2) is 5.78 Å². The molecule has 0 amide bonds. The molecule has 23 heavy (non-hydrogen) atoms. The zero-order valence-corrected chi connectivity index (χ0v) is 13.6. The van der Waals surface area contributed by atoms with E-state index < -0.39 is 0 Å². The summed E-state index contributed by atoms with van der Waals surface area (Å²) >= 11 is 0. The third kappa shape index (κ3) is 3.14. The molecule has 0 fully saturated rings. The van der Waals surface area contributed by atoms with Gasteiger partial charge in [0.05, 0.1) is 12.5 Å². The van der Waals surface area contributed by atoms with Crippen LogP contribution < -0.4 is 0 Å². The van der Waals surface area contributed by atoms with Gasteiger partial charge in [-0.05, 0) is 66.3 Å². The first-order chi connectivity index (χ1) is 11.0. The van der Waals surface area contributed by atoms with Gasteiger partial charge in [0.2, 0.25) is 0 Å². The average molecular weight is 308 g/mol. The molecule has 2 aromatic heterocycles. The molecular weight excluding hydrogens is 288 g/mol. The predicted molar refractivity (Wildman–Crippen MR) is 90.5 cm³/mol. The molecule has 0 bridgehead atoms. The SMILES string of the molecule is CC(=C1C(=O)C=C(/C=C/c2ccco2)CC1(C)C)c1ccco1. The molecular formula is C20H20O3. The number of carbonyl (C=O) groups is 1. The maximum Gasteiger partial charge on any atom is 0.183 e. The molecule has 0 aromatic carbocycles. The minimum absolute atomic E-state index is 0.0502. The molecule has 3 heteroatoms. The lowest BCUT2D eigenvalue weighted by atomic mass is 9.70. The van der Waals surface area contributed by atoms with Crippen molar-refractivity contribution in [3.05, 3.63) is 71.6 Å². The van der Waals surface area contributed by atoms with Gasteiger partial charge in [-0.3, -0.25) is 4.79 Å². The Kier molecular flexibility index (Phi) is 3.95. The smallest absolute Gasteiger partial charge is 0.183 e. The second-order valence-electron chi connectivity index (χ2n) is 6.47.